The largest absolute Gasteiger partial charge is 0.508 e. The van der Waals surface area contributed by atoms with Gasteiger partial charge in [-0.3, -0.25) is 4.79 Å². The molecule has 0 fully saturated rings. The molecule has 0 spiro atoms. The molecule has 0 radical (unpaired) electrons. The Morgan fingerprint density at radius 2 is 1.78 bits per heavy atom. The summed E-state index contributed by atoms with van der Waals surface area (Å²) in [4.78, 5) is 11.3. The first-order chi connectivity index (χ1) is 8.50. The highest BCUT2D eigenvalue weighted by Crippen LogP contribution is 2.15. The van der Waals surface area contributed by atoms with Crippen LogP contribution in [0.15, 0.2) is 24.3 Å². The molecule has 4 heteroatoms. The summed E-state index contributed by atoms with van der Waals surface area (Å²) in [6.45, 7) is 7.15. The van der Waals surface area contributed by atoms with E-state index < -0.39 is 0 Å². The van der Waals surface area contributed by atoms with Gasteiger partial charge >= 0.3 is 0 Å². The fourth-order valence-electron chi connectivity index (χ4n) is 1.56. The van der Waals surface area contributed by atoms with E-state index in [0.29, 0.717) is 6.54 Å². The van der Waals surface area contributed by atoms with E-state index in [1.165, 1.54) is 0 Å². The molecule has 4 nitrogen and oxygen atoms in total. The van der Waals surface area contributed by atoms with Gasteiger partial charge in [0, 0.05) is 25.0 Å². The number of carbonyl (C=O) groups is 1. The van der Waals surface area contributed by atoms with Crippen molar-refractivity contribution in [3.63, 3.8) is 0 Å². The summed E-state index contributed by atoms with van der Waals surface area (Å²) in [5.41, 5.74) is 1.11. The number of hydrogen-bond donors (Lipinski definition) is 3. The minimum Gasteiger partial charge on any atom is -0.508 e. The lowest BCUT2D eigenvalue weighted by atomic mass is 10.1. The van der Waals surface area contributed by atoms with Gasteiger partial charge in [-0.1, -0.05) is 26.0 Å². The molecule has 0 aliphatic rings. The average molecular weight is 250 g/mol. The summed E-state index contributed by atoms with van der Waals surface area (Å²) < 4.78 is 0. The van der Waals surface area contributed by atoms with Crippen LogP contribution in [0.25, 0.3) is 0 Å². The van der Waals surface area contributed by atoms with Crippen LogP contribution in [0.1, 0.15) is 32.4 Å². The zero-order valence-corrected chi connectivity index (χ0v) is 11.2. The lowest BCUT2D eigenvalue weighted by Gasteiger charge is -2.15. The summed E-state index contributed by atoms with van der Waals surface area (Å²) >= 11 is 0. The number of nitrogens with one attached hydrogen (secondary N) is 2. The van der Waals surface area contributed by atoms with Gasteiger partial charge < -0.3 is 15.7 Å². The van der Waals surface area contributed by atoms with Crippen molar-refractivity contribution in [2.75, 3.05) is 13.1 Å². The van der Waals surface area contributed by atoms with Gasteiger partial charge in [0.1, 0.15) is 5.75 Å². The van der Waals surface area contributed by atoms with Crippen molar-refractivity contribution in [2.45, 2.75) is 26.8 Å². The van der Waals surface area contributed by atoms with Crippen LogP contribution in [0.3, 0.4) is 0 Å². The van der Waals surface area contributed by atoms with Gasteiger partial charge in [-0.05, 0) is 24.6 Å². The molecule has 0 aliphatic carbocycles. The molecule has 0 heterocycles. The number of phenols is 1. The number of carbonyl (C=O) groups excluding carboxylic acids is 1. The second kappa shape index (κ2) is 7.01. The molecular formula is C14H22N2O2. The number of hydrogen-bond acceptors (Lipinski definition) is 3. The van der Waals surface area contributed by atoms with Gasteiger partial charge in [0.2, 0.25) is 5.91 Å². The lowest BCUT2D eigenvalue weighted by molar-refractivity contribution is -0.123. The minimum absolute atomic E-state index is 0.0273. The quantitative estimate of drug-likeness (QED) is 0.675. The molecule has 1 amide bonds. The maximum Gasteiger partial charge on any atom is 0.222 e. The second-order valence-corrected chi connectivity index (χ2v) is 4.71. The Labute approximate surface area is 108 Å². The molecule has 0 bridgehead atoms. The van der Waals surface area contributed by atoms with Crippen molar-refractivity contribution in [2.24, 2.45) is 5.92 Å². The topological polar surface area (TPSA) is 61.4 Å². The lowest BCUT2D eigenvalue weighted by Crippen LogP contribution is -2.35. The van der Waals surface area contributed by atoms with E-state index in [2.05, 4.69) is 17.6 Å². The molecule has 100 valence electrons. The molecule has 1 unspecified atom stereocenters. The van der Waals surface area contributed by atoms with Gasteiger partial charge in [0.05, 0.1) is 0 Å². The Kier molecular flexibility index (Phi) is 5.65. The summed E-state index contributed by atoms with van der Waals surface area (Å²) in [7, 11) is 0. The van der Waals surface area contributed by atoms with E-state index >= 15 is 0 Å². The van der Waals surface area contributed by atoms with Crippen LogP contribution in [0.4, 0.5) is 0 Å². The standard InChI is InChI=1S/C14H22N2O2/c1-10(2)14(18)16-9-8-15-11(3)12-4-6-13(17)7-5-12/h4-7,10-11,15,17H,8-9H2,1-3H3,(H,16,18). The second-order valence-electron chi connectivity index (χ2n) is 4.71. The molecule has 0 aliphatic heterocycles. The van der Waals surface area contributed by atoms with Gasteiger partial charge in [0.15, 0.2) is 0 Å². The fraction of sp³-hybridized carbons (Fsp3) is 0.500. The Morgan fingerprint density at radius 1 is 1.17 bits per heavy atom. The van der Waals surface area contributed by atoms with Crippen LogP contribution in [0, 0.1) is 5.92 Å². The Bertz CT molecular complexity index is 374. The van der Waals surface area contributed by atoms with Crippen molar-refractivity contribution in [3.05, 3.63) is 29.8 Å². The first kappa shape index (κ1) is 14.5. The van der Waals surface area contributed by atoms with E-state index in [0.717, 1.165) is 12.1 Å². The molecule has 1 atom stereocenters. The number of phenolic OH excluding ortho intramolecular Hbond substituents is 1. The number of benzene rings is 1. The third-order valence-corrected chi connectivity index (χ3v) is 2.79. The SMILES string of the molecule is CC(C)C(=O)NCCNC(C)c1ccc(O)cc1. The van der Waals surface area contributed by atoms with Crippen LogP contribution in [0.5, 0.6) is 5.75 Å². The van der Waals surface area contributed by atoms with E-state index in [4.69, 9.17) is 0 Å². The van der Waals surface area contributed by atoms with Crippen LogP contribution in [-0.4, -0.2) is 24.1 Å². The molecular weight excluding hydrogens is 228 g/mol. The zero-order chi connectivity index (χ0) is 13.5. The first-order valence-corrected chi connectivity index (χ1v) is 6.30. The van der Waals surface area contributed by atoms with E-state index in [9.17, 15) is 9.90 Å². The third-order valence-electron chi connectivity index (χ3n) is 2.79. The first-order valence-electron chi connectivity index (χ1n) is 6.30. The summed E-state index contributed by atoms with van der Waals surface area (Å²) in [6, 6.07) is 7.32. The highest BCUT2D eigenvalue weighted by atomic mass is 16.3. The van der Waals surface area contributed by atoms with Crippen molar-refractivity contribution >= 4 is 5.91 Å². The Balaban J connectivity index is 2.27. The van der Waals surface area contributed by atoms with Gasteiger partial charge in [-0.15, -0.1) is 0 Å². The highest BCUT2D eigenvalue weighted by Gasteiger charge is 2.06. The van der Waals surface area contributed by atoms with Crippen molar-refractivity contribution < 1.29 is 9.90 Å². The number of amides is 1. The smallest absolute Gasteiger partial charge is 0.222 e. The summed E-state index contributed by atoms with van der Waals surface area (Å²) in [5.74, 6) is 0.378. The fourth-order valence-corrected chi connectivity index (χ4v) is 1.56. The normalized spacial score (nSPS) is 12.4. The van der Waals surface area contributed by atoms with E-state index in [1.807, 2.05) is 26.0 Å². The van der Waals surface area contributed by atoms with Crippen molar-refractivity contribution in [1.82, 2.24) is 10.6 Å². The maximum absolute atomic E-state index is 11.3. The number of rotatable bonds is 6. The average Bonchev–Trinajstić information content (AvgIpc) is 2.34. The molecule has 3 N–H and O–H groups in total. The van der Waals surface area contributed by atoms with E-state index in [1.54, 1.807) is 12.1 Å². The van der Waals surface area contributed by atoms with Crippen LogP contribution in [-0.2, 0) is 4.79 Å². The van der Waals surface area contributed by atoms with E-state index in [-0.39, 0.29) is 23.6 Å². The molecule has 18 heavy (non-hydrogen) atoms. The molecule has 1 rings (SSSR count). The minimum atomic E-state index is 0.0273. The maximum atomic E-state index is 11.3. The van der Waals surface area contributed by atoms with Crippen molar-refractivity contribution in [1.29, 1.82) is 0 Å². The summed E-state index contributed by atoms with van der Waals surface area (Å²) in [6.07, 6.45) is 0. The van der Waals surface area contributed by atoms with Crippen LogP contribution in [0.2, 0.25) is 0 Å². The van der Waals surface area contributed by atoms with Crippen LogP contribution < -0.4 is 10.6 Å². The monoisotopic (exact) mass is 250 g/mol. The molecule has 1 aromatic rings. The van der Waals surface area contributed by atoms with Gasteiger partial charge in [-0.25, -0.2) is 0 Å². The molecule has 1 aromatic carbocycles. The molecule has 0 saturated carbocycles. The predicted octanol–water partition coefficient (Wildman–Crippen LogP) is 1.81. The highest BCUT2D eigenvalue weighted by molar-refractivity contribution is 5.77. The Morgan fingerprint density at radius 3 is 2.33 bits per heavy atom. The zero-order valence-electron chi connectivity index (χ0n) is 11.2. The van der Waals surface area contributed by atoms with Crippen LogP contribution >= 0.6 is 0 Å². The molecule has 0 aromatic heterocycles. The summed E-state index contributed by atoms with van der Waals surface area (Å²) in [5, 5.41) is 15.4. The third kappa shape index (κ3) is 4.75. The Hall–Kier alpha value is -1.55. The van der Waals surface area contributed by atoms with Gasteiger partial charge in [0.25, 0.3) is 0 Å². The molecule has 0 saturated heterocycles. The predicted molar refractivity (Wildman–Crippen MR) is 72.4 cm³/mol. The number of aromatic hydroxyl groups is 1. The van der Waals surface area contributed by atoms with Gasteiger partial charge in [-0.2, -0.15) is 0 Å². The van der Waals surface area contributed by atoms with Crippen molar-refractivity contribution in [3.8, 4) is 5.75 Å².